The van der Waals surface area contributed by atoms with Crippen molar-refractivity contribution in [3.8, 4) is 0 Å². The standard InChI is InChI=1S/C19H19F3N8O3/c20-19(21,22)12-6-7-23-14(9-12)10-24-17(31)15-11-30(29-27-15)8-2-1-3-13-4-5-16(28-26-13)25-18(32)33/h4-7,9,11H,1-3,8,10H2,(H,24,31)(H,25,28)(H,32,33). The number of nitrogens with one attached hydrogen (secondary N) is 2. The number of hydrogen-bond acceptors (Lipinski definition) is 7. The minimum absolute atomic E-state index is 0.0364. The molecule has 0 fully saturated rings. The minimum atomic E-state index is -4.49. The minimum Gasteiger partial charge on any atom is -0.465 e. The molecule has 14 heteroatoms. The fraction of sp³-hybridized carbons (Fsp3) is 0.316. The maximum Gasteiger partial charge on any atom is 0.416 e. The number of anilines is 1. The lowest BCUT2D eigenvalue weighted by Gasteiger charge is -2.08. The van der Waals surface area contributed by atoms with Crippen LogP contribution >= 0.6 is 0 Å². The van der Waals surface area contributed by atoms with Gasteiger partial charge in [0.15, 0.2) is 11.5 Å². The van der Waals surface area contributed by atoms with Gasteiger partial charge in [0, 0.05) is 12.7 Å². The van der Waals surface area contributed by atoms with Gasteiger partial charge in [-0.05, 0) is 43.5 Å². The van der Waals surface area contributed by atoms with E-state index in [4.69, 9.17) is 5.11 Å². The molecule has 174 valence electrons. The zero-order valence-corrected chi connectivity index (χ0v) is 17.1. The molecule has 33 heavy (non-hydrogen) atoms. The second-order valence-corrected chi connectivity index (χ2v) is 6.88. The Labute approximate surface area is 185 Å². The lowest BCUT2D eigenvalue weighted by atomic mass is 10.2. The van der Waals surface area contributed by atoms with Crippen LogP contribution in [0.2, 0.25) is 0 Å². The predicted molar refractivity (Wildman–Crippen MR) is 107 cm³/mol. The Balaban J connectivity index is 1.42. The van der Waals surface area contributed by atoms with E-state index in [1.165, 1.54) is 16.9 Å². The van der Waals surface area contributed by atoms with Crippen LogP contribution in [0.15, 0.2) is 36.7 Å². The molecule has 0 aliphatic heterocycles. The average Bonchev–Trinajstić information content (AvgIpc) is 3.24. The van der Waals surface area contributed by atoms with Crippen molar-refractivity contribution >= 4 is 17.8 Å². The molecule has 3 rings (SSSR count). The molecule has 3 N–H and O–H groups in total. The van der Waals surface area contributed by atoms with Crippen LogP contribution in [0.5, 0.6) is 0 Å². The highest BCUT2D eigenvalue weighted by atomic mass is 19.4. The third kappa shape index (κ3) is 7.22. The summed E-state index contributed by atoms with van der Waals surface area (Å²) in [5.41, 5.74) is -0.0332. The summed E-state index contributed by atoms with van der Waals surface area (Å²) >= 11 is 0. The number of amides is 2. The summed E-state index contributed by atoms with van der Waals surface area (Å²) in [5, 5.41) is 28.5. The summed E-state index contributed by atoms with van der Waals surface area (Å²) in [7, 11) is 0. The van der Waals surface area contributed by atoms with Gasteiger partial charge in [-0.1, -0.05) is 5.21 Å². The zero-order valence-electron chi connectivity index (χ0n) is 17.1. The number of alkyl halides is 3. The van der Waals surface area contributed by atoms with Gasteiger partial charge in [0.2, 0.25) is 0 Å². The van der Waals surface area contributed by atoms with E-state index in [-0.39, 0.29) is 23.8 Å². The Morgan fingerprint density at radius 2 is 1.88 bits per heavy atom. The molecule has 0 atom stereocenters. The summed E-state index contributed by atoms with van der Waals surface area (Å²) in [6.45, 7) is 0.305. The fourth-order valence-electron chi connectivity index (χ4n) is 2.77. The molecular weight excluding hydrogens is 445 g/mol. The molecule has 0 saturated carbocycles. The smallest absolute Gasteiger partial charge is 0.416 e. The number of unbranched alkanes of at least 4 members (excludes halogenated alkanes) is 1. The fourth-order valence-corrected chi connectivity index (χ4v) is 2.77. The van der Waals surface area contributed by atoms with E-state index >= 15 is 0 Å². The van der Waals surface area contributed by atoms with E-state index in [9.17, 15) is 22.8 Å². The average molecular weight is 464 g/mol. The van der Waals surface area contributed by atoms with E-state index in [2.05, 4.69) is 36.1 Å². The summed E-state index contributed by atoms with van der Waals surface area (Å²) in [5.74, 6) is -0.436. The van der Waals surface area contributed by atoms with Crippen molar-refractivity contribution in [2.24, 2.45) is 0 Å². The van der Waals surface area contributed by atoms with Gasteiger partial charge < -0.3 is 10.4 Å². The Morgan fingerprint density at radius 3 is 2.58 bits per heavy atom. The Morgan fingerprint density at radius 1 is 1.06 bits per heavy atom. The number of carboxylic acid groups (broad SMARTS) is 1. The van der Waals surface area contributed by atoms with Crippen LogP contribution in [0.1, 0.15) is 40.3 Å². The van der Waals surface area contributed by atoms with E-state index in [0.29, 0.717) is 25.1 Å². The normalized spacial score (nSPS) is 11.2. The SMILES string of the molecule is O=C(O)Nc1ccc(CCCCn2cc(C(=O)NCc3cc(C(F)(F)F)ccn3)nn2)nn1. The van der Waals surface area contributed by atoms with Crippen LogP contribution in [0, 0.1) is 0 Å². The molecule has 0 aliphatic carbocycles. The van der Waals surface area contributed by atoms with Crippen LogP contribution in [-0.2, 0) is 25.7 Å². The first-order chi connectivity index (χ1) is 15.7. The highest BCUT2D eigenvalue weighted by molar-refractivity contribution is 5.91. The number of aryl methyl sites for hydroxylation is 2. The predicted octanol–water partition coefficient (Wildman–Crippen LogP) is 2.52. The Kier molecular flexibility index (Phi) is 7.48. The van der Waals surface area contributed by atoms with Crippen molar-refractivity contribution in [2.45, 2.75) is 38.5 Å². The third-order valence-electron chi connectivity index (χ3n) is 4.37. The molecule has 0 bridgehead atoms. The number of carbonyl (C=O) groups is 2. The number of halogens is 3. The molecule has 0 aliphatic rings. The second-order valence-electron chi connectivity index (χ2n) is 6.88. The van der Waals surface area contributed by atoms with Crippen molar-refractivity contribution in [3.05, 3.63) is 59.3 Å². The summed E-state index contributed by atoms with van der Waals surface area (Å²) < 4.78 is 39.7. The molecule has 11 nitrogen and oxygen atoms in total. The van der Waals surface area contributed by atoms with Gasteiger partial charge in [-0.15, -0.1) is 10.2 Å². The van der Waals surface area contributed by atoms with Crippen LogP contribution in [0.3, 0.4) is 0 Å². The van der Waals surface area contributed by atoms with Crippen LogP contribution in [0.4, 0.5) is 23.8 Å². The van der Waals surface area contributed by atoms with Gasteiger partial charge in [-0.2, -0.15) is 18.3 Å². The van der Waals surface area contributed by atoms with Crippen molar-refractivity contribution in [1.82, 2.24) is 35.5 Å². The first-order valence-electron chi connectivity index (χ1n) is 9.74. The van der Waals surface area contributed by atoms with E-state index in [0.717, 1.165) is 24.8 Å². The van der Waals surface area contributed by atoms with Crippen LogP contribution in [0.25, 0.3) is 0 Å². The quantitative estimate of drug-likeness (QED) is 0.409. The maximum atomic E-state index is 12.8. The lowest BCUT2D eigenvalue weighted by Crippen LogP contribution is -2.24. The molecule has 0 spiro atoms. The molecule has 0 unspecified atom stereocenters. The summed E-state index contributed by atoms with van der Waals surface area (Å²) in [4.78, 5) is 26.5. The van der Waals surface area contributed by atoms with E-state index in [1.807, 2.05) is 0 Å². The molecule has 3 aromatic rings. The number of nitrogens with zero attached hydrogens (tertiary/aromatic N) is 6. The maximum absolute atomic E-state index is 12.8. The van der Waals surface area contributed by atoms with Crippen molar-refractivity contribution < 1.29 is 27.9 Å². The second kappa shape index (κ2) is 10.5. The Hall–Kier alpha value is -4.10. The zero-order chi connectivity index (χ0) is 23.8. The van der Waals surface area contributed by atoms with Gasteiger partial charge in [0.25, 0.3) is 5.91 Å². The van der Waals surface area contributed by atoms with Gasteiger partial charge in [-0.3, -0.25) is 19.8 Å². The highest BCUT2D eigenvalue weighted by Gasteiger charge is 2.30. The van der Waals surface area contributed by atoms with Crippen molar-refractivity contribution in [1.29, 1.82) is 0 Å². The Bertz CT molecular complexity index is 1100. The molecule has 3 aromatic heterocycles. The van der Waals surface area contributed by atoms with E-state index < -0.39 is 23.7 Å². The number of aromatic nitrogens is 6. The van der Waals surface area contributed by atoms with E-state index in [1.54, 1.807) is 6.07 Å². The van der Waals surface area contributed by atoms with Crippen molar-refractivity contribution in [2.75, 3.05) is 5.32 Å². The molecule has 0 aromatic carbocycles. The molecule has 3 heterocycles. The number of hydrogen-bond donors (Lipinski definition) is 3. The third-order valence-corrected chi connectivity index (χ3v) is 4.37. The molecule has 0 radical (unpaired) electrons. The summed E-state index contributed by atoms with van der Waals surface area (Å²) in [6, 6.07) is 4.93. The lowest BCUT2D eigenvalue weighted by molar-refractivity contribution is -0.137. The van der Waals surface area contributed by atoms with Crippen LogP contribution < -0.4 is 10.6 Å². The topological polar surface area (TPSA) is 148 Å². The van der Waals surface area contributed by atoms with Crippen molar-refractivity contribution in [3.63, 3.8) is 0 Å². The van der Waals surface area contributed by atoms with Gasteiger partial charge in [0.05, 0.1) is 29.7 Å². The number of pyridine rings is 1. The first kappa shape index (κ1) is 23.6. The first-order valence-corrected chi connectivity index (χ1v) is 9.74. The van der Waals surface area contributed by atoms with Gasteiger partial charge >= 0.3 is 12.3 Å². The largest absolute Gasteiger partial charge is 0.465 e. The molecule has 2 amide bonds. The number of rotatable bonds is 9. The van der Waals surface area contributed by atoms with Crippen LogP contribution in [-0.4, -0.2) is 47.3 Å². The molecule has 0 saturated heterocycles. The summed E-state index contributed by atoms with van der Waals surface area (Å²) in [6.07, 6.45) is -1.16. The highest BCUT2D eigenvalue weighted by Crippen LogP contribution is 2.28. The van der Waals surface area contributed by atoms with Gasteiger partial charge in [-0.25, -0.2) is 4.79 Å². The van der Waals surface area contributed by atoms with Gasteiger partial charge in [0.1, 0.15) is 0 Å². The number of carbonyl (C=O) groups excluding carboxylic acids is 1. The molecular formula is C19H19F3N8O3. The monoisotopic (exact) mass is 464 g/mol.